The zero-order valence-electron chi connectivity index (χ0n) is 13.0. The summed E-state index contributed by atoms with van der Waals surface area (Å²) >= 11 is 0. The van der Waals surface area contributed by atoms with E-state index in [1.807, 2.05) is 13.8 Å². The second-order valence-corrected chi connectivity index (χ2v) is 5.45. The van der Waals surface area contributed by atoms with Crippen molar-refractivity contribution in [3.05, 3.63) is 30.9 Å². The molecule has 0 saturated carbocycles. The molecule has 22 heavy (non-hydrogen) atoms. The molecule has 0 radical (unpaired) electrons. The molecule has 0 aliphatic rings. The predicted molar refractivity (Wildman–Crippen MR) is 84.0 cm³/mol. The smallest absolute Gasteiger partial charge is 0.241 e. The first kappa shape index (κ1) is 16.0. The van der Waals surface area contributed by atoms with Gasteiger partial charge in [0.25, 0.3) is 0 Å². The van der Waals surface area contributed by atoms with E-state index >= 15 is 0 Å². The van der Waals surface area contributed by atoms with Gasteiger partial charge in [0.15, 0.2) is 0 Å². The van der Waals surface area contributed by atoms with Crippen molar-refractivity contribution in [1.82, 2.24) is 14.8 Å². The Bertz CT molecular complexity index is 625. The molecule has 0 fully saturated rings. The third kappa shape index (κ3) is 3.82. The fourth-order valence-corrected chi connectivity index (χ4v) is 2.13. The highest BCUT2D eigenvalue weighted by Gasteiger charge is 2.16. The highest BCUT2D eigenvalue weighted by molar-refractivity contribution is 5.95. The van der Waals surface area contributed by atoms with Gasteiger partial charge in [0.05, 0.1) is 13.2 Å². The van der Waals surface area contributed by atoms with E-state index in [2.05, 4.69) is 15.4 Å². The van der Waals surface area contributed by atoms with E-state index in [1.54, 1.807) is 36.3 Å². The van der Waals surface area contributed by atoms with Crippen LogP contribution in [0, 0.1) is 5.92 Å². The van der Waals surface area contributed by atoms with Gasteiger partial charge in [-0.2, -0.15) is 5.10 Å². The molecule has 1 atom stereocenters. The molecule has 1 heterocycles. The molecule has 7 nitrogen and oxygen atoms in total. The largest absolute Gasteiger partial charge is 0.494 e. The van der Waals surface area contributed by atoms with E-state index in [4.69, 9.17) is 10.5 Å². The van der Waals surface area contributed by atoms with E-state index in [0.29, 0.717) is 23.8 Å². The minimum absolute atomic E-state index is 0.204. The fourth-order valence-electron chi connectivity index (χ4n) is 2.13. The van der Waals surface area contributed by atoms with E-state index in [0.717, 1.165) is 5.69 Å². The lowest BCUT2D eigenvalue weighted by molar-refractivity contribution is -0.117. The molecule has 0 aliphatic carbocycles. The van der Waals surface area contributed by atoms with Crippen molar-refractivity contribution in [3.63, 3.8) is 0 Å². The summed E-state index contributed by atoms with van der Waals surface area (Å²) in [5, 5.41) is 6.87. The summed E-state index contributed by atoms with van der Waals surface area (Å²) in [5.41, 5.74) is 7.25. The summed E-state index contributed by atoms with van der Waals surface area (Å²) in [7, 11) is 1.56. The Balaban J connectivity index is 2.15. The highest BCUT2D eigenvalue weighted by atomic mass is 16.5. The Hall–Kier alpha value is -2.41. The molecule has 3 N–H and O–H groups in total. The number of hydrogen-bond acceptors (Lipinski definition) is 5. The average molecular weight is 303 g/mol. The third-order valence-corrected chi connectivity index (χ3v) is 3.17. The van der Waals surface area contributed by atoms with Gasteiger partial charge in [0.2, 0.25) is 5.91 Å². The van der Waals surface area contributed by atoms with Crippen LogP contribution in [0.3, 0.4) is 0 Å². The minimum atomic E-state index is -0.527. The van der Waals surface area contributed by atoms with Crippen molar-refractivity contribution in [2.24, 2.45) is 11.7 Å². The summed E-state index contributed by atoms with van der Waals surface area (Å²) < 4.78 is 6.94. The van der Waals surface area contributed by atoms with Crippen molar-refractivity contribution in [1.29, 1.82) is 0 Å². The summed E-state index contributed by atoms with van der Waals surface area (Å²) in [6.45, 7) is 4.06. The highest BCUT2D eigenvalue weighted by Crippen LogP contribution is 2.26. The molecule has 118 valence electrons. The number of anilines is 1. The van der Waals surface area contributed by atoms with E-state index < -0.39 is 6.04 Å². The van der Waals surface area contributed by atoms with Crippen LogP contribution in [-0.4, -0.2) is 33.8 Å². The van der Waals surface area contributed by atoms with Crippen LogP contribution in [0.25, 0.3) is 5.69 Å². The average Bonchev–Trinajstić information content (AvgIpc) is 3.00. The van der Waals surface area contributed by atoms with Crippen LogP contribution in [0.1, 0.15) is 20.3 Å². The Morgan fingerprint density at radius 1 is 1.45 bits per heavy atom. The maximum Gasteiger partial charge on any atom is 0.241 e. The molecule has 1 aromatic carbocycles. The number of methoxy groups -OCH3 is 1. The lowest BCUT2D eigenvalue weighted by Crippen LogP contribution is -2.36. The SMILES string of the molecule is COc1cc(NC(=O)C(N)CC(C)C)ccc1-n1cncn1. The number of nitrogens with one attached hydrogen (secondary N) is 1. The first-order chi connectivity index (χ1) is 10.5. The molecular formula is C15H21N5O2. The van der Waals surface area contributed by atoms with Crippen LogP contribution >= 0.6 is 0 Å². The molecule has 1 aromatic heterocycles. The number of carbonyl (C=O) groups is 1. The van der Waals surface area contributed by atoms with Crippen molar-refractivity contribution >= 4 is 11.6 Å². The topological polar surface area (TPSA) is 95.1 Å². The molecule has 0 aliphatic heterocycles. The summed E-state index contributed by atoms with van der Waals surface area (Å²) in [6, 6.07) is 4.79. The van der Waals surface area contributed by atoms with Crippen molar-refractivity contribution in [3.8, 4) is 11.4 Å². The minimum Gasteiger partial charge on any atom is -0.494 e. The van der Waals surface area contributed by atoms with Crippen LogP contribution in [0.5, 0.6) is 5.75 Å². The van der Waals surface area contributed by atoms with Crippen LogP contribution < -0.4 is 15.8 Å². The van der Waals surface area contributed by atoms with E-state index in [1.165, 1.54) is 6.33 Å². The van der Waals surface area contributed by atoms with Gasteiger partial charge in [0.1, 0.15) is 24.1 Å². The third-order valence-electron chi connectivity index (χ3n) is 3.17. The molecule has 7 heteroatoms. The summed E-state index contributed by atoms with van der Waals surface area (Å²) in [6.07, 6.45) is 3.66. The zero-order chi connectivity index (χ0) is 16.1. The van der Waals surface area contributed by atoms with Gasteiger partial charge in [-0.25, -0.2) is 9.67 Å². The van der Waals surface area contributed by atoms with E-state index in [9.17, 15) is 4.79 Å². The van der Waals surface area contributed by atoms with Crippen molar-refractivity contribution in [2.75, 3.05) is 12.4 Å². The van der Waals surface area contributed by atoms with Gasteiger partial charge < -0.3 is 15.8 Å². The Morgan fingerprint density at radius 3 is 2.82 bits per heavy atom. The van der Waals surface area contributed by atoms with Crippen LogP contribution in [0.4, 0.5) is 5.69 Å². The predicted octanol–water partition coefficient (Wildman–Crippen LogP) is 1.59. The number of amides is 1. The Kier molecular flexibility index (Phi) is 5.11. The van der Waals surface area contributed by atoms with Crippen LogP contribution in [0.2, 0.25) is 0 Å². The first-order valence-electron chi connectivity index (χ1n) is 7.10. The monoisotopic (exact) mass is 303 g/mol. The second kappa shape index (κ2) is 7.04. The Morgan fingerprint density at radius 2 is 2.23 bits per heavy atom. The lowest BCUT2D eigenvalue weighted by Gasteiger charge is -2.15. The second-order valence-electron chi connectivity index (χ2n) is 5.45. The maximum absolute atomic E-state index is 12.1. The molecule has 0 spiro atoms. The molecule has 0 saturated heterocycles. The molecule has 2 rings (SSSR count). The standard InChI is InChI=1S/C15H21N5O2/c1-10(2)6-12(16)15(21)19-11-4-5-13(14(7-11)22-3)20-9-17-8-18-20/h4-5,7-10,12H,6,16H2,1-3H3,(H,19,21). The van der Waals surface area contributed by atoms with Crippen LogP contribution in [-0.2, 0) is 4.79 Å². The van der Waals surface area contributed by atoms with Crippen molar-refractivity contribution < 1.29 is 9.53 Å². The van der Waals surface area contributed by atoms with Crippen molar-refractivity contribution in [2.45, 2.75) is 26.3 Å². The summed E-state index contributed by atoms with van der Waals surface area (Å²) in [5.74, 6) is 0.745. The summed E-state index contributed by atoms with van der Waals surface area (Å²) in [4.78, 5) is 16.0. The lowest BCUT2D eigenvalue weighted by atomic mass is 10.0. The van der Waals surface area contributed by atoms with Crippen LogP contribution in [0.15, 0.2) is 30.9 Å². The fraction of sp³-hybridized carbons (Fsp3) is 0.400. The number of nitrogens with two attached hydrogens (primary N) is 1. The van der Waals surface area contributed by atoms with Gasteiger partial charge in [-0.15, -0.1) is 0 Å². The zero-order valence-corrected chi connectivity index (χ0v) is 13.0. The van der Waals surface area contributed by atoms with Gasteiger partial charge in [-0.05, 0) is 24.5 Å². The molecule has 0 bridgehead atoms. The number of rotatable bonds is 6. The molecule has 1 amide bonds. The normalized spacial score (nSPS) is 12.2. The van der Waals surface area contributed by atoms with Gasteiger partial charge in [0, 0.05) is 11.8 Å². The quantitative estimate of drug-likeness (QED) is 0.845. The molecular weight excluding hydrogens is 282 g/mol. The Labute approximate surface area is 129 Å². The molecule has 1 unspecified atom stereocenters. The number of hydrogen-bond donors (Lipinski definition) is 2. The first-order valence-corrected chi connectivity index (χ1v) is 7.10. The number of benzene rings is 1. The van der Waals surface area contributed by atoms with Gasteiger partial charge in [-0.1, -0.05) is 13.8 Å². The molecule has 2 aromatic rings. The van der Waals surface area contributed by atoms with Gasteiger partial charge in [-0.3, -0.25) is 4.79 Å². The number of ether oxygens (including phenoxy) is 1. The van der Waals surface area contributed by atoms with Gasteiger partial charge >= 0.3 is 0 Å². The van der Waals surface area contributed by atoms with E-state index in [-0.39, 0.29) is 5.91 Å². The number of aromatic nitrogens is 3. The maximum atomic E-state index is 12.1. The number of carbonyl (C=O) groups excluding carboxylic acids is 1. The number of nitrogens with zero attached hydrogens (tertiary/aromatic N) is 3.